The van der Waals surface area contributed by atoms with Crippen LogP contribution in [0.4, 0.5) is 11.6 Å². The van der Waals surface area contributed by atoms with Gasteiger partial charge in [0.2, 0.25) is 17.8 Å². The number of rotatable bonds is 7. The second-order valence-electron chi connectivity index (χ2n) is 7.49. The van der Waals surface area contributed by atoms with Gasteiger partial charge in [-0.3, -0.25) is 9.59 Å². The topological polar surface area (TPSA) is 87.2 Å². The van der Waals surface area contributed by atoms with Crippen LogP contribution in [0.5, 0.6) is 0 Å². The molecular weight excluding hydrogens is 410 g/mol. The predicted molar refractivity (Wildman–Crippen MR) is 122 cm³/mol. The van der Waals surface area contributed by atoms with Gasteiger partial charge in [0, 0.05) is 42.5 Å². The van der Waals surface area contributed by atoms with Gasteiger partial charge >= 0.3 is 0 Å². The van der Waals surface area contributed by atoms with Crippen LogP contribution in [0.2, 0.25) is 0 Å². The van der Waals surface area contributed by atoms with Crippen molar-refractivity contribution in [3.8, 4) is 0 Å². The highest BCUT2D eigenvalue weighted by atomic mass is 32.1. The third-order valence-electron chi connectivity index (χ3n) is 5.35. The van der Waals surface area contributed by atoms with Crippen molar-refractivity contribution in [3.05, 3.63) is 70.7 Å². The fourth-order valence-corrected chi connectivity index (χ4v) is 4.72. The molecule has 7 nitrogen and oxygen atoms in total. The van der Waals surface area contributed by atoms with Crippen molar-refractivity contribution in [1.82, 2.24) is 15.3 Å². The van der Waals surface area contributed by atoms with Crippen LogP contribution in [0.1, 0.15) is 29.3 Å². The van der Waals surface area contributed by atoms with Crippen molar-refractivity contribution in [2.45, 2.75) is 25.8 Å². The van der Waals surface area contributed by atoms with E-state index in [9.17, 15) is 9.59 Å². The first kappa shape index (κ1) is 21.0. The van der Waals surface area contributed by atoms with Gasteiger partial charge in [0.15, 0.2) is 0 Å². The molecule has 2 unspecified atom stereocenters. The van der Waals surface area contributed by atoms with Crippen molar-refractivity contribution in [3.63, 3.8) is 0 Å². The van der Waals surface area contributed by atoms with Crippen molar-refractivity contribution < 1.29 is 9.59 Å². The Morgan fingerprint density at radius 3 is 2.61 bits per heavy atom. The molecule has 8 heteroatoms. The van der Waals surface area contributed by atoms with Crippen LogP contribution < -0.4 is 15.5 Å². The molecule has 2 atom stereocenters. The first-order chi connectivity index (χ1) is 15.1. The lowest BCUT2D eigenvalue weighted by atomic mass is 9.86. The van der Waals surface area contributed by atoms with Gasteiger partial charge in [-0.25, -0.2) is 9.97 Å². The summed E-state index contributed by atoms with van der Waals surface area (Å²) in [6.07, 6.45) is 4.21. The van der Waals surface area contributed by atoms with Gasteiger partial charge < -0.3 is 15.5 Å². The number of hydrogen-bond acceptors (Lipinski definition) is 6. The normalized spacial score (nSPS) is 18.6. The summed E-state index contributed by atoms with van der Waals surface area (Å²) in [5.74, 6) is 0.223. The van der Waals surface area contributed by atoms with Gasteiger partial charge in [-0.15, -0.1) is 11.3 Å². The number of nitrogens with one attached hydrogen (secondary N) is 2. The lowest BCUT2D eigenvalue weighted by Gasteiger charge is -2.40. The molecule has 0 aliphatic carbocycles. The number of carbonyl (C=O) groups is 2. The standard InChI is InChI=1S/C23H25N5O2S/c1-16-5-7-17(8-6-16)28-20(29)10-9-18(21(28)19-4-2-15-31-19)22(30)24-13-14-27-23-25-11-3-12-26-23/h2-8,11-12,15,18,21H,9-10,13-14H2,1H3,(H,24,30)(H,25,26,27). The molecule has 31 heavy (non-hydrogen) atoms. The maximum Gasteiger partial charge on any atom is 0.227 e. The Hall–Kier alpha value is -3.26. The van der Waals surface area contributed by atoms with Crippen molar-refractivity contribution in [2.75, 3.05) is 23.3 Å². The Kier molecular flexibility index (Phi) is 6.57. The van der Waals surface area contributed by atoms with Crippen molar-refractivity contribution >= 4 is 34.8 Å². The van der Waals surface area contributed by atoms with E-state index in [4.69, 9.17) is 0 Å². The lowest BCUT2D eigenvalue weighted by molar-refractivity contribution is -0.129. The molecule has 0 saturated carbocycles. The number of aryl methyl sites for hydroxylation is 1. The van der Waals surface area contributed by atoms with Gasteiger partial charge in [0.05, 0.1) is 12.0 Å². The summed E-state index contributed by atoms with van der Waals surface area (Å²) in [6, 6.07) is 13.3. The molecule has 160 valence electrons. The first-order valence-electron chi connectivity index (χ1n) is 10.3. The molecule has 3 heterocycles. The zero-order chi connectivity index (χ0) is 21.6. The summed E-state index contributed by atoms with van der Waals surface area (Å²) in [4.78, 5) is 37.1. The van der Waals surface area contributed by atoms with Crippen LogP contribution in [0.25, 0.3) is 0 Å². The van der Waals surface area contributed by atoms with Crippen LogP contribution in [0.15, 0.2) is 60.2 Å². The number of amides is 2. The molecule has 1 aromatic carbocycles. The van der Waals surface area contributed by atoms with E-state index in [0.29, 0.717) is 31.9 Å². The average molecular weight is 436 g/mol. The second-order valence-corrected chi connectivity index (χ2v) is 8.47. The van der Waals surface area contributed by atoms with E-state index >= 15 is 0 Å². The minimum Gasteiger partial charge on any atom is -0.354 e. The maximum atomic E-state index is 13.1. The number of carbonyl (C=O) groups excluding carboxylic acids is 2. The summed E-state index contributed by atoms with van der Waals surface area (Å²) in [6.45, 7) is 2.99. The van der Waals surface area contributed by atoms with Crippen LogP contribution in [-0.2, 0) is 9.59 Å². The predicted octanol–water partition coefficient (Wildman–Crippen LogP) is 3.56. The maximum absolute atomic E-state index is 13.1. The number of thiophene rings is 1. The molecule has 3 aromatic rings. The highest BCUT2D eigenvalue weighted by molar-refractivity contribution is 7.10. The molecular formula is C23H25N5O2S. The zero-order valence-electron chi connectivity index (χ0n) is 17.3. The van der Waals surface area contributed by atoms with Gasteiger partial charge in [-0.05, 0) is 43.0 Å². The molecule has 2 amide bonds. The lowest BCUT2D eigenvalue weighted by Crippen LogP contribution is -2.48. The molecule has 2 aromatic heterocycles. The number of nitrogens with zero attached hydrogens (tertiary/aromatic N) is 3. The third-order valence-corrected chi connectivity index (χ3v) is 6.30. The van der Waals surface area contributed by atoms with Crippen molar-refractivity contribution in [2.24, 2.45) is 5.92 Å². The van der Waals surface area contributed by atoms with E-state index in [1.807, 2.05) is 48.7 Å². The Balaban J connectivity index is 1.49. The highest BCUT2D eigenvalue weighted by Gasteiger charge is 2.41. The number of aromatic nitrogens is 2. The zero-order valence-corrected chi connectivity index (χ0v) is 18.1. The van der Waals surface area contributed by atoms with E-state index in [-0.39, 0.29) is 23.8 Å². The van der Waals surface area contributed by atoms with E-state index in [2.05, 4.69) is 20.6 Å². The fourth-order valence-electron chi connectivity index (χ4n) is 3.84. The molecule has 0 spiro atoms. The van der Waals surface area contributed by atoms with E-state index in [0.717, 1.165) is 16.1 Å². The number of piperidine rings is 1. The van der Waals surface area contributed by atoms with Gasteiger partial charge in [-0.2, -0.15) is 0 Å². The Bertz CT molecular complexity index is 1010. The van der Waals surface area contributed by atoms with Crippen LogP contribution >= 0.6 is 11.3 Å². The van der Waals surface area contributed by atoms with Gasteiger partial charge in [0.25, 0.3) is 0 Å². The smallest absolute Gasteiger partial charge is 0.227 e. The number of anilines is 2. The van der Waals surface area contributed by atoms with Crippen molar-refractivity contribution in [1.29, 1.82) is 0 Å². The molecule has 2 N–H and O–H groups in total. The SMILES string of the molecule is Cc1ccc(N2C(=O)CCC(C(=O)NCCNc3ncccn3)C2c2cccs2)cc1. The monoisotopic (exact) mass is 435 g/mol. The van der Waals surface area contributed by atoms with E-state index in [1.54, 1.807) is 34.7 Å². The molecule has 1 saturated heterocycles. The molecule has 0 radical (unpaired) electrons. The minimum absolute atomic E-state index is 0.0428. The minimum atomic E-state index is -0.314. The molecule has 0 bridgehead atoms. The molecule has 1 aliphatic rings. The highest BCUT2D eigenvalue weighted by Crippen LogP contribution is 2.41. The number of benzene rings is 1. The van der Waals surface area contributed by atoms with Crippen LogP contribution in [0, 0.1) is 12.8 Å². The molecule has 1 fully saturated rings. The Morgan fingerprint density at radius 2 is 1.90 bits per heavy atom. The van der Waals surface area contributed by atoms with Crippen LogP contribution in [-0.4, -0.2) is 34.9 Å². The summed E-state index contributed by atoms with van der Waals surface area (Å²) < 4.78 is 0. The first-order valence-corrected chi connectivity index (χ1v) is 11.2. The Labute approximate surface area is 185 Å². The van der Waals surface area contributed by atoms with Gasteiger partial charge in [-0.1, -0.05) is 23.8 Å². The van der Waals surface area contributed by atoms with Crippen LogP contribution in [0.3, 0.4) is 0 Å². The van der Waals surface area contributed by atoms with E-state index in [1.165, 1.54) is 0 Å². The quantitative estimate of drug-likeness (QED) is 0.554. The summed E-state index contributed by atoms with van der Waals surface area (Å²) in [5, 5.41) is 8.10. The second kappa shape index (κ2) is 9.70. The summed E-state index contributed by atoms with van der Waals surface area (Å²) >= 11 is 1.58. The third kappa shape index (κ3) is 4.91. The average Bonchev–Trinajstić information content (AvgIpc) is 3.32. The fraction of sp³-hybridized carbons (Fsp3) is 0.304. The largest absolute Gasteiger partial charge is 0.354 e. The Morgan fingerprint density at radius 1 is 1.13 bits per heavy atom. The summed E-state index contributed by atoms with van der Waals surface area (Å²) in [5.41, 5.74) is 1.96. The van der Waals surface area contributed by atoms with Gasteiger partial charge in [0.1, 0.15) is 0 Å². The van der Waals surface area contributed by atoms with E-state index < -0.39 is 0 Å². The molecule has 4 rings (SSSR count). The number of hydrogen-bond donors (Lipinski definition) is 2. The summed E-state index contributed by atoms with van der Waals surface area (Å²) in [7, 11) is 0. The molecule has 1 aliphatic heterocycles.